The number of nitrogens with zero attached hydrogens (tertiary/aromatic N) is 1. The summed E-state index contributed by atoms with van der Waals surface area (Å²) in [6.07, 6.45) is 2.68. The van der Waals surface area contributed by atoms with Crippen LogP contribution in [0.3, 0.4) is 0 Å². The average Bonchev–Trinajstić information content (AvgIpc) is 2.97. The van der Waals surface area contributed by atoms with E-state index in [9.17, 15) is 14.3 Å². The molecule has 1 heterocycles. The molecule has 0 radical (unpaired) electrons. The minimum atomic E-state index is -0.698. The Kier molecular flexibility index (Phi) is 3.89. The van der Waals surface area contributed by atoms with Gasteiger partial charge in [-0.1, -0.05) is 35.7 Å². The lowest BCUT2D eigenvalue weighted by atomic mass is 9.81. The Morgan fingerprint density at radius 1 is 1.43 bits per heavy atom. The van der Waals surface area contributed by atoms with Gasteiger partial charge in [-0.3, -0.25) is 9.69 Å². The molecule has 1 saturated carbocycles. The SMILES string of the molecule is O=C(O)[C@@]12CCC[C@H]1CN(Cc1ccc(F)c(Cl)c1Cl)C2. The monoisotopic (exact) mass is 331 g/mol. The third-order valence-electron chi connectivity index (χ3n) is 4.88. The van der Waals surface area contributed by atoms with Crippen LogP contribution in [0.15, 0.2) is 12.1 Å². The first-order valence-corrected chi connectivity index (χ1v) is 7.78. The van der Waals surface area contributed by atoms with Crippen LogP contribution in [0.1, 0.15) is 24.8 Å². The maximum Gasteiger partial charge on any atom is 0.311 e. The zero-order valence-electron chi connectivity index (χ0n) is 11.4. The minimum absolute atomic E-state index is 0.0681. The van der Waals surface area contributed by atoms with Crippen molar-refractivity contribution in [2.45, 2.75) is 25.8 Å². The summed E-state index contributed by atoms with van der Waals surface area (Å²) in [7, 11) is 0. The third-order valence-corrected chi connectivity index (χ3v) is 5.77. The molecule has 3 nitrogen and oxygen atoms in total. The molecular formula is C15H16Cl2FNO2. The lowest BCUT2D eigenvalue weighted by Crippen LogP contribution is -2.35. The van der Waals surface area contributed by atoms with Gasteiger partial charge in [0, 0.05) is 19.6 Å². The van der Waals surface area contributed by atoms with E-state index in [1.165, 1.54) is 6.07 Å². The molecular weight excluding hydrogens is 316 g/mol. The molecule has 1 aliphatic carbocycles. The second-order valence-electron chi connectivity index (χ2n) is 6.05. The maximum atomic E-state index is 13.3. The Morgan fingerprint density at radius 3 is 2.86 bits per heavy atom. The molecule has 0 amide bonds. The van der Waals surface area contributed by atoms with Gasteiger partial charge in [-0.05, 0) is 30.4 Å². The van der Waals surface area contributed by atoms with Crippen LogP contribution in [0.25, 0.3) is 0 Å². The number of halogens is 3. The Balaban J connectivity index is 1.79. The van der Waals surface area contributed by atoms with E-state index in [2.05, 4.69) is 4.90 Å². The topological polar surface area (TPSA) is 40.5 Å². The molecule has 2 fully saturated rings. The van der Waals surface area contributed by atoms with Gasteiger partial charge in [-0.2, -0.15) is 0 Å². The van der Waals surface area contributed by atoms with Crippen LogP contribution in [0.2, 0.25) is 10.0 Å². The van der Waals surface area contributed by atoms with Crippen molar-refractivity contribution in [3.05, 3.63) is 33.6 Å². The van der Waals surface area contributed by atoms with Crippen LogP contribution < -0.4 is 0 Å². The predicted octanol–water partition coefficient (Wildman–Crippen LogP) is 3.82. The molecule has 0 unspecified atom stereocenters. The molecule has 1 aliphatic heterocycles. The van der Waals surface area contributed by atoms with Crippen molar-refractivity contribution in [2.24, 2.45) is 11.3 Å². The molecule has 114 valence electrons. The van der Waals surface area contributed by atoms with Crippen LogP contribution in [0.5, 0.6) is 0 Å². The van der Waals surface area contributed by atoms with Crippen molar-refractivity contribution in [3.8, 4) is 0 Å². The number of likely N-dealkylation sites (tertiary alicyclic amines) is 1. The molecule has 1 aromatic rings. The molecule has 6 heteroatoms. The van der Waals surface area contributed by atoms with Gasteiger partial charge in [0.25, 0.3) is 0 Å². The number of hydrogen-bond donors (Lipinski definition) is 1. The van der Waals surface area contributed by atoms with Gasteiger partial charge < -0.3 is 5.11 Å². The summed E-state index contributed by atoms with van der Waals surface area (Å²) in [4.78, 5) is 13.7. The minimum Gasteiger partial charge on any atom is -0.481 e. The normalized spacial score (nSPS) is 28.8. The number of fused-ring (bicyclic) bond motifs is 1. The molecule has 1 saturated heterocycles. The molecule has 3 rings (SSSR count). The average molecular weight is 332 g/mol. The van der Waals surface area contributed by atoms with Gasteiger partial charge in [-0.15, -0.1) is 0 Å². The number of carbonyl (C=O) groups is 1. The van der Waals surface area contributed by atoms with Gasteiger partial charge in [0.05, 0.1) is 15.5 Å². The van der Waals surface area contributed by atoms with E-state index in [0.717, 1.165) is 31.4 Å². The van der Waals surface area contributed by atoms with Crippen LogP contribution in [0.4, 0.5) is 4.39 Å². The predicted molar refractivity (Wildman–Crippen MR) is 79.1 cm³/mol. The first-order valence-electron chi connectivity index (χ1n) is 7.02. The highest BCUT2D eigenvalue weighted by Gasteiger charge is 2.54. The van der Waals surface area contributed by atoms with Crippen molar-refractivity contribution < 1.29 is 14.3 Å². The second-order valence-corrected chi connectivity index (χ2v) is 6.81. The summed E-state index contributed by atoms with van der Waals surface area (Å²) in [5.74, 6) is -1.04. The van der Waals surface area contributed by atoms with E-state index in [0.29, 0.717) is 13.1 Å². The van der Waals surface area contributed by atoms with E-state index in [-0.39, 0.29) is 16.0 Å². The molecule has 1 aromatic carbocycles. The van der Waals surface area contributed by atoms with Gasteiger partial charge in [0.15, 0.2) is 0 Å². The van der Waals surface area contributed by atoms with Gasteiger partial charge in [-0.25, -0.2) is 4.39 Å². The zero-order valence-corrected chi connectivity index (χ0v) is 12.9. The van der Waals surface area contributed by atoms with E-state index >= 15 is 0 Å². The van der Waals surface area contributed by atoms with E-state index in [4.69, 9.17) is 23.2 Å². The summed E-state index contributed by atoms with van der Waals surface area (Å²) in [6.45, 7) is 1.78. The largest absolute Gasteiger partial charge is 0.481 e. The second kappa shape index (κ2) is 5.41. The summed E-state index contributed by atoms with van der Waals surface area (Å²) in [5, 5.41) is 9.72. The van der Waals surface area contributed by atoms with Crippen molar-refractivity contribution in [1.82, 2.24) is 4.90 Å². The van der Waals surface area contributed by atoms with Gasteiger partial charge in [0.2, 0.25) is 0 Å². The number of carboxylic acid groups (broad SMARTS) is 1. The summed E-state index contributed by atoms with van der Waals surface area (Å²) >= 11 is 11.9. The molecule has 0 aromatic heterocycles. The molecule has 1 N–H and O–H groups in total. The zero-order chi connectivity index (χ0) is 15.2. The lowest BCUT2D eigenvalue weighted by molar-refractivity contribution is -0.149. The molecule has 0 spiro atoms. The number of rotatable bonds is 3. The van der Waals surface area contributed by atoms with E-state index < -0.39 is 17.2 Å². The lowest BCUT2D eigenvalue weighted by Gasteiger charge is -2.23. The fourth-order valence-electron chi connectivity index (χ4n) is 3.79. The molecule has 21 heavy (non-hydrogen) atoms. The number of hydrogen-bond acceptors (Lipinski definition) is 2. The maximum absolute atomic E-state index is 13.3. The highest BCUT2D eigenvalue weighted by molar-refractivity contribution is 6.42. The Labute approximate surface area is 132 Å². The fourth-order valence-corrected chi connectivity index (χ4v) is 4.19. The Bertz CT molecular complexity index is 595. The van der Waals surface area contributed by atoms with E-state index in [1.54, 1.807) is 6.07 Å². The quantitative estimate of drug-likeness (QED) is 0.856. The fraction of sp³-hybridized carbons (Fsp3) is 0.533. The number of carboxylic acids is 1. The van der Waals surface area contributed by atoms with Crippen LogP contribution in [-0.4, -0.2) is 29.1 Å². The van der Waals surface area contributed by atoms with E-state index in [1.807, 2.05) is 0 Å². The van der Waals surface area contributed by atoms with Gasteiger partial charge in [0.1, 0.15) is 5.82 Å². The van der Waals surface area contributed by atoms with Gasteiger partial charge >= 0.3 is 5.97 Å². The van der Waals surface area contributed by atoms with Crippen LogP contribution >= 0.6 is 23.2 Å². The molecule has 0 bridgehead atoms. The van der Waals surface area contributed by atoms with Crippen molar-refractivity contribution in [1.29, 1.82) is 0 Å². The highest BCUT2D eigenvalue weighted by atomic mass is 35.5. The number of aliphatic carboxylic acids is 1. The molecule has 2 atom stereocenters. The van der Waals surface area contributed by atoms with Crippen LogP contribution in [-0.2, 0) is 11.3 Å². The standard InChI is InChI=1S/C15H16Cl2FNO2/c16-12-9(3-4-11(18)13(12)17)6-19-7-10-2-1-5-15(10,8-19)14(20)21/h3-4,10H,1-2,5-8H2,(H,20,21)/t10-,15+/m0/s1. The summed E-state index contributed by atoms with van der Waals surface area (Å²) in [5.41, 5.74) is 0.125. The third kappa shape index (κ3) is 2.43. The Hall–Kier alpha value is -0.840. The van der Waals surface area contributed by atoms with Crippen molar-refractivity contribution in [3.63, 3.8) is 0 Å². The van der Waals surface area contributed by atoms with Crippen LogP contribution in [0, 0.1) is 17.2 Å². The summed E-state index contributed by atoms with van der Waals surface area (Å²) < 4.78 is 13.3. The summed E-state index contributed by atoms with van der Waals surface area (Å²) in [6, 6.07) is 2.92. The Morgan fingerprint density at radius 2 is 2.19 bits per heavy atom. The first kappa shape index (κ1) is 15.1. The highest BCUT2D eigenvalue weighted by Crippen LogP contribution is 2.49. The van der Waals surface area contributed by atoms with Crippen molar-refractivity contribution in [2.75, 3.05) is 13.1 Å². The first-order chi connectivity index (χ1) is 9.94. The number of benzene rings is 1. The molecule has 2 aliphatic rings. The van der Waals surface area contributed by atoms with Crippen molar-refractivity contribution >= 4 is 29.2 Å². The smallest absolute Gasteiger partial charge is 0.311 e.